The van der Waals surface area contributed by atoms with Crippen molar-refractivity contribution >= 4 is 22.8 Å². The molecule has 8 nitrogen and oxygen atoms in total. The van der Waals surface area contributed by atoms with Crippen LogP contribution in [-0.2, 0) is 11.2 Å². The fraction of sp³-hybridized carbons (Fsp3) is 0.524. The molecule has 3 amide bonds. The minimum Gasteiger partial charge on any atom is -0.492 e. The Morgan fingerprint density at radius 1 is 1.24 bits per heavy atom. The molecule has 3 heterocycles. The Kier molecular flexibility index (Phi) is 5.23. The molecule has 0 radical (unpaired) electrons. The third-order valence-corrected chi connectivity index (χ3v) is 5.90. The van der Waals surface area contributed by atoms with Crippen molar-refractivity contribution in [3.8, 4) is 5.75 Å². The molecule has 1 aromatic carbocycles. The van der Waals surface area contributed by atoms with Crippen LogP contribution in [0.4, 0.5) is 4.79 Å². The number of aromatic nitrogens is 1. The van der Waals surface area contributed by atoms with Crippen LogP contribution in [0.2, 0.25) is 0 Å². The Labute approximate surface area is 170 Å². The van der Waals surface area contributed by atoms with Crippen molar-refractivity contribution in [3.63, 3.8) is 0 Å². The zero-order chi connectivity index (χ0) is 20.7. The number of ether oxygens (including phenoxy) is 1. The van der Waals surface area contributed by atoms with Crippen molar-refractivity contribution in [2.75, 3.05) is 54.4 Å². The number of rotatable bonds is 5. The number of hydrogen-bond donors (Lipinski definition) is 2. The van der Waals surface area contributed by atoms with Crippen molar-refractivity contribution in [2.24, 2.45) is 5.92 Å². The number of nitrogens with one attached hydrogen (secondary N) is 2. The molecule has 8 heteroatoms. The van der Waals surface area contributed by atoms with E-state index in [2.05, 4.69) is 21.3 Å². The van der Waals surface area contributed by atoms with Crippen molar-refractivity contribution in [1.29, 1.82) is 0 Å². The molecule has 0 saturated carbocycles. The lowest BCUT2D eigenvalue weighted by Crippen LogP contribution is -2.57. The van der Waals surface area contributed by atoms with Gasteiger partial charge in [-0.3, -0.25) is 9.69 Å². The SMILES string of the molecule is CN(C)CCOc1ccc2[nH]c3c(c2c1)CCNC3C1CN(C)C(=O)N(C)C1=O. The van der Waals surface area contributed by atoms with E-state index in [1.54, 1.807) is 19.0 Å². The van der Waals surface area contributed by atoms with Gasteiger partial charge in [0.05, 0.1) is 12.0 Å². The lowest BCUT2D eigenvalue weighted by molar-refractivity contribution is -0.136. The van der Waals surface area contributed by atoms with Crippen LogP contribution in [0.5, 0.6) is 5.75 Å². The maximum Gasteiger partial charge on any atom is 0.326 e. The van der Waals surface area contributed by atoms with Gasteiger partial charge in [-0.2, -0.15) is 0 Å². The van der Waals surface area contributed by atoms with Gasteiger partial charge in [0, 0.05) is 43.8 Å². The lowest BCUT2D eigenvalue weighted by Gasteiger charge is -2.39. The number of H-pyrrole nitrogens is 1. The number of amides is 3. The Bertz CT molecular complexity index is 938. The van der Waals surface area contributed by atoms with Gasteiger partial charge in [-0.05, 0) is 50.8 Å². The van der Waals surface area contributed by atoms with E-state index >= 15 is 0 Å². The fourth-order valence-electron chi connectivity index (χ4n) is 4.31. The van der Waals surface area contributed by atoms with Gasteiger partial charge in [0.15, 0.2) is 0 Å². The second kappa shape index (κ2) is 7.68. The standard InChI is InChI=1S/C21H29N5O3/c1-24(2)9-10-29-13-5-6-17-15(11-13)14-7-8-22-18(19(14)23-17)16-12-25(3)21(28)26(4)20(16)27/h5-6,11,16,18,22-23H,7-10,12H2,1-4H3. The zero-order valence-corrected chi connectivity index (χ0v) is 17.5. The first-order valence-electron chi connectivity index (χ1n) is 10.0. The second-order valence-corrected chi connectivity index (χ2v) is 8.22. The maximum atomic E-state index is 12.8. The first kappa shape index (κ1) is 19.7. The van der Waals surface area contributed by atoms with Crippen LogP contribution >= 0.6 is 0 Å². The van der Waals surface area contributed by atoms with E-state index in [1.807, 2.05) is 26.2 Å². The first-order valence-corrected chi connectivity index (χ1v) is 10.0. The van der Waals surface area contributed by atoms with Gasteiger partial charge < -0.3 is 24.8 Å². The molecule has 1 saturated heterocycles. The van der Waals surface area contributed by atoms with Gasteiger partial charge in [-0.25, -0.2) is 4.79 Å². The number of imide groups is 1. The summed E-state index contributed by atoms with van der Waals surface area (Å²) in [6.07, 6.45) is 0.887. The number of fused-ring (bicyclic) bond motifs is 3. The summed E-state index contributed by atoms with van der Waals surface area (Å²) in [4.78, 5) is 33.4. The van der Waals surface area contributed by atoms with Crippen LogP contribution in [0.15, 0.2) is 18.2 Å². The molecule has 1 aromatic heterocycles. The van der Waals surface area contributed by atoms with Gasteiger partial charge in [-0.15, -0.1) is 0 Å². The molecule has 4 rings (SSSR count). The monoisotopic (exact) mass is 399 g/mol. The maximum absolute atomic E-state index is 12.8. The van der Waals surface area contributed by atoms with E-state index in [0.29, 0.717) is 13.2 Å². The molecular weight excluding hydrogens is 370 g/mol. The summed E-state index contributed by atoms with van der Waals surface area (Å²) in [6.45, 7) is 2.70. The predicted octanol–water partition coefficient (Wildman–Crippen LogP) is 1.44. The summed E-state index contributed by atoms with van der Waals surface area (Å²) in [5, 5.41) is 4.65. The Morgan fingerprint density at radius 3 is 2.79 bits per heavy atom. The molecule has 2 N–H and O–H groups in total. The summed E-state index contributed by atoms with van der Waals surface area (Å²) in [5.74, 6) is 0.408. The molecule has 2 aliphatic rings. The van der Waals surface area contributed by atoms with Gasteiger partial charge in [0.1, 0.15) is 12.4 Å². The number of urea groups is 1. The third kappa shape index (κ3) is 3.58. The lowest BCUT2D eigenvalue weighted by atomic mass is 9.88. The summed E-state index contributed by atoms with van der Waals surface area (Å²) >= 11 is 0. The smallest absolute Gasteiger partial charge is 0.326 e. The molecule has 1 fully saturated rings. The zero-order valence-electron chi connectivity index (χ0n) is 17.5. The van der Waals surface area contributed by atoms with Gasteiger partial charge >= 0.3 is 6.03 Å². The molecule has 0 spiro atoms. The van der Waals surface area contributed by atoms with Gasteiger partial charge in [0.25, 0.3) is 0 Å². The van der Waals surface area contributed by atoms with Crippen LogP contribution in [0.25, 0.3) is 10.9 Å². The summed E-state index contributed by atoms with van der Waals surface area (Å²) in [5.41, 5.74) is 3.33. The van der Waals surface area contributed by atoms with Crippen LogP contribution < -0.4 is 10.1 Å². The minimum atomic E-state index is -0.314. The highest BCUT2D eigenvalue weighted by molar-refractivity contribution is 5.98. The Morgan fingerprint density at radius 2 is 2.03 bits per heavy atom. The number of likely N-dealkylation sites (N-methyl/N-ethyl adjacent to an activating group) is 1. The average molecular weight is 399 g/mol. The minimum absolute atomic E-state index is 0.134. The second-order valence-electron chi connectivity index (χ2n) is 8.22. The third-order valence-electron chi connectivity index (χ3n) is 5.90. The average Bonchev–Trinajstić information content (AvgIpc) is 3.07. The quantitative estimate of drug-likeness (QED) is 0.795. The van der Waals surface area contributed by atoms with Crippen molar-refractivity contribution < 1.29 is 14.3 Å². The number of aromatic amines is 1. The van der Waals surface area contributed by atoms with E-state index in [9.17, 15) is 9.59 Å². The summed E-state index contributed by atoms with van der Waals surface area (Å²) < 4.78 is 5.91. The first-order chi connectivity index (χ1) is 13.9. The predicted molar refractivity (Wildman–Crippen MR) is 111 cm³/mol. The van der Waals surface area contributed by atoms with Crippen molar-refractivity contribution in [3.05, 3.63) is 29.5 Å². The molecule has 2 atom stereocenters. The Hall–Kier alpha value is -2.58. The largest absolute Gasteiger partial charge is 0.492 e. The molecule has 0 aliphatic carbocycles. The van der Waals surface area contributed by atoms with E-state index in [-0.39, 0.29) is 23.9 Å². The number of benzene rings is 1. The van der Waals surface area contributed by atoms with Crippen molar-refractivity contribution in [2.45, 2.75) is 12.5 Å². The molecular formula is C21H29N5O3. The molecule has 156 valence electrons. The molecule has 2 unspecified atom stereocenters. The molecule has 2 aromatic rings. The van der Waals surface area contributed by atoms with Crippen LogP contribution in [0.3, 0.4) is 0 Å². The van der Waals surface area contributed by atoms with E-state index in [0.717, 1.165) is 41.9 Å². The highest BCUT2D eigenvalue weighted by atomic mass is 16.5. The molecule has 0 bridgehead atoms. The van der Waals surface area contributed by atoms with E-state index in [1.165, 1.54) is 10.5 Å². The highest BCUT2D eigenvalue weighted by Crippen LogP contribution is 2.37. The fourth-order valence-corrected chi connectivity index (χ4v) is 4.31. The van der Waals surface area contributed by atoms with Crippen LogP contribution in [0, 0.1) is 5.92 Å². The van der Waals surface area contributed by atoms with Crippen molar-refractivity contribution in [1.82, 2.24) is 25.0 Å². The van der Waals surface area contributed by atoms with E-state index < -0.39 is 0 Å². The highest BCUT2D eigenvalue weighted by Gasteiger charge is 2.42. The normalized spacial score (nSPS) is 22.5. The van der Waals surface area contributed by atoms with E-state index in [4.69, 9.17) is 4.74 Å². The van der Waals surface area contributed by atoms with Crippen LogP contribution in [-0.4, -0.2) is 86.1 Å². The molecule has 2 aliphatic heterocycles. The number of hydrogen-bond acceptors (Lipinski definition) is 5. The van der Waals surface area contributed by atoms with Crippen LogP contribution in [0.1, 0.15) is 17.3 Å². The van der Waals surface area contributed by atoms with Gasteiger partial charge in [0.2, 0.25) is 5.91 Å². The Balaban J connectivity index is 1.64. The summed E-state index contributed by atoms with van der Waals surface area (Å²) in [7, 11) is 7.35. The topological polar surface area (TPSA) is 80.9 Å². The summed E-state index contributed by atoms with van der Waals surface area (Å²) in [6, 6.07) is 5.72. The number of carbonyl (C=O) groups is 2. The number of nitrogens with zero attached hydrogens (tertiary/aromatic N) is 3. The number of carbonyl (C=O) groups excluding carboxylic acids is 2. The van der Waals surface area contributed by atoms with Gasteiger partial charge in [-0.1, -0.05) is 0 Å². The molecule has 29 heavy (non-hydrogen) atoms.